The van der Waals surface area contributed by atoms with Crippen LogP contribution in [-0.4, -0.2) is 0 Å². The SMILES string of the molecule is Cc1cc(C)cc(Cc2ccc(Nc3ccc(Cc4cc(C)cc(C)c4)cc3)cc2)c1. The maximum atomic E-state index is 3.52. The van der Waals surface area contributed by atoms with Gasteiger partial charge in [-0.15, -0.1) is 0 Å². The van der Waals surface area contributed by atoms with E-state index in [-0.39, 0.29) is 0 Å². The van der Waals surface area contributed by atoms with Gasteiger partial charge in [0, 0.05) is 11.4 Å². The normalized spacial score (nSPS) is 10.8. The van der Waals surface area contributed by atoms with Gasteiger partial charge in [-0.25, -0.2) is 0 Å². The highest BCUT2D eigenvalue weighted by Crippen LogP contribution is 2.21. The van der Waals surface area contributed by atoms with Gasteiger partial charge in [-0.1, -0.05) is 82.9 Å². The van der Waals surface area contributed by atoms with E-state index in [9.17, 15) is 0 Å². The lowest BCUT2D eigenvalue weighted by Crippen LogP contribution is -1.94. The molecule has 0 aliphatic carbocycles. The van der Waals surface area contributed by atoms with Crippen LogP contribution in [0, 0.1) is 27.7 Å². The summed E-state index contributed by atoms with van der Waals surface area (Å²) in [4.78, 5) is 0. The van der Waals surface area contributed by atoms with Gasteiger partial charge in [0.2, 0.25) is 0 Å². The molecule has 0 atom stereocenters. The van der Waals surface area contributed by atoms with Gasteiger partial charge in [0.1, 0.15) is 0 Å². The van der Waals surface area contributed by atoms with Gasteiger partial charge in [0.15, 0.2) is 0 Å². The molecule has 4 rings (SSSR count). The molecule has 0 bridgehead atoms. The predicted octanol–water partition coefficient (Wildman–Crippen LogP) is 7.85. The van der Waals surface area contributed by atoms with E-state index in [1.807, 2.05) is 0 Å². The van der Waals surface area contributed by atoms with Crippen LogP contribution in [0.1, 0.15) is 44.5 Å². The summed E-state index contributed by atoms with van der Waals surface area (Å²) in [6.07, 6.45) is 1.94. The molecule has 156 valence electrons. The molecule has 0 unspecified atom stereocenters. The summed E-state index contributed by atoms with van der Waals surface area (Å²) in [7, 11) is 0. The second kappa shape index (κ2) is 9.22. The van der Waals surface area contributed by atoms with Crippen molar-refractivity contribution in [2.75, 3.05) is 5.32 Å². The molecule has 4 aromatic rings. The molecule has 0 radical (unpaired) electrons. The molecule has 31 heavy (non-hydrogen) atoms. The molecule has 0 heterocycles. The molecular weight excluding hydrogens is 374 g/mol. The second-order valence-electron chi connectivity index (χ2n) is 8.86. The van der Waals surface area contributed by atoms with Crippen LogP contribution in [-0.2, 0) is 12.8 Å². The van der Waals surface area contributed by atoms with E-state index >= 15 is 0 Å². The summed E-state index contributed by atoms with van der Waals surface area (Å²) in [5.74, 6) is 0. The van der Waals surface area contributed by atoms with Crippen molar-refractivity contribution in [2.45, 2.75) is 40.5 Å². The van der Waals surface area contributed by atoms with Crippen LogP contribution in [0.2, 0.25) is 0 Å². The number of hydrogen-bond acceptors (Lipinski definition) is 1. The van der Waals surface area contributed by atoms with Crippen LogP contribution < -0.4 is 5.32 Å². The molecule has 0 spiro atoms. The van der Waals surface area contributed by atoms with Crippen molar-refractivity contribution in [1.82, 2.24) is 0 Å². The Morgan fingerprint density at radius 1 is 0.419 bits per heavy atom. The van der Waals surface area contributed by atoms with Crippen LogP contribution in [0.25, 0.3) is 0 Å². The molecule has 0 aliphatic rings. The van der Waals surface area contributed by atoms with E-state index in [0.29, 0.717) is 0 Å². The van der Waals surface area contributed by atoms with Gasteiger partial charge < -0.3 is 5.32 Å². The van der Waals surface area contributed by atoms with E-state index in [1.165, 1.54) is 44.5 Å². The van der Waals surface area contributed by atoms with Crippen molar-refractivity contribution in [3.05, 3.63) is 129 Å². The Balaban J connectivity index is 1.38. The first-order valence-corrected chi connectivity index (χ1v) is 11.0. The number of anilines is 2. The molecule has 0 aromatic heterocycles. The fourth-order valence-electron chi connectivity index (χ4n) is 4.39. The van der Waals surface area contributed by atoms with Crippen LogP contribution >= 0.6 is 0 Å². The lowest BCUT2D eigenvalue weighted by molar-refractivity contribution is 1.17. The van der Waals surface area contributed by atoms with Crippen LogP contribution in [0.15, 0.2) is 84.9 Å². The van der Waals surface area contributed by atoms with Crippen molar-refractivity contribution >= 4 is 11.4 Å². The number of hydrogen-bond donors (Lipinski definition) is 1. The lowest BCUT2D eigenvalue weighted by Gasteiger charge is -2.10. The first-order chi connectivity index (χ1) is 14.9. The zero-order valence-electron chi connectivity index (χ0n) is 19.0. The van der Waals surface area contributed by atoms with Gasteiger partial charge in [-0.05, 0) is 87.1 Å². The molecule has 0 fully saturated rings. The third kappa shape index (κ3) is 5.86. The van der Waals surface area contributed by atoms with Crippen molar-refractivity contribution in [3.8, 4) is 0 Å². The van der Waals surface area contributed by atoms with Crippen LogP contribution in [0.3, 0.4) is 0 Å². The summed E-state index contributed by atoms with van der Waals surface area (Å²) < 4.78 is 0. The first kappa shape index (κ1) is 20.9. The molecule has 0 saturated heterocycles. The first-order valence-electron chi connectivity index (χ1n) is 11.0. The van der Waals surface area contributed by atoms with E-state index < -0.39 is 0 Å². The third-order valence-corrected chi connectivity index (χ3v) is 5.58. The fraction of sp³-hybridized carbons (Fsp3) is 0.200. The Morgan fingerprint density at radius 2 is 0.742 bits per heavy atom. The number of benzene rings is 4. The van der Waals surface area contributed by atoms with Gasteiger partial charge >= 0.3 is 0 Å². The molecule has 0 amide bonds. The zero-order chi connectivity index (χ0) is 21.8. The highest BCUT2D eigenvalue weighted by atomic mass is 14.9. The maximum Gasteiger partial charge on any atom is 0.0384 e. The molecule has 1 heteroatoms. The van der Waals surface area contributed by atoms with E-state index in [1.54, 1.807) is 0 Å². The van der Waals surface area contributed by atoms with Gasteiger partial charge in [-0.2, -0.15) is 0 Å². The summed E-state index contributed by atoms with van der Waals surface area (Å²) in [6.45, 7) is 8.65. The molecule has 1 N–H and O–H groups in total. The second-order valence-corrected chi connectivity index (χ2v) is 8.86. The Hall–Kier alpha value is -3.32. The van der Waals surface area contributed by atoms with Crippen molar-refractivity contribution in [2.24, 2.45) is 0 Å². The highest BCUT2D eigenvalue weighted by molar-refractivity contribution is 5.60. The van der Waals surface area contributed by atoms with Crippen molar-refractivity contribution < 1.29 is 0 Å². The van der Waals surface area contributed by atoms with Gasteiger partial charge in [0.05, 0.1) is 0 Å². The standard InChI is InChI=1S/C30H31N/c1-21-13-22(2)16-27(15-21)19-25-5-9-29(10-6-25)31-30-11-7-26(8-12-30)20-28-17-23(3)14-24(4)18-28/h5-18,31H,19-20H2,1-4H3. The lowest BCUT2D eigenvalue weighted by atomic mass is 10.0. The van der Waals surface area contributed by atoms with Gasteiger partial charge in [0.25, 0.3) is 0 Å². The maximum absolute atomic E-state index is 3.52. The van der Waals surface area contributed by atoms with Crippen LogP contribution in [0.4, 0.5) is 11.4 Å². The molecule has 1 nitrogen and oxygen atoms in total. The Kier molecular flexibility index (Phi) is 6.23. The van der Waals surface area contributed by atoms with E-state index in [4.69, 9.17) is 0 Å². The molecule has 0 aliphatic heterocycles. The minimum absolute atomic E-state index is 0.968. The topological polar surface area (TPSA) is 12.0 Å². The van der Waals surface area contributed by atoms with Crippen molar-refractivity contribution in [3.63, 3.8) is 0 Å². The van der Waals surface area contributed by atoms with Crippen molar-refractivity contribution in [1.29, 1.82) is 0 Å². The van der Waals surface area contributed by atoms with Gasteiger partial charge in [-0.3, -0.25) is 0 Å². The quantitative estimate of drug-likeness (QED) is 0.344. The van der Waals surface area contributed by atoms with E-state index in [2.05, 4.69) is 118 Å². The average molecular weight is 406 g/mol. The van der Waals surface area contributed by atoms with Crippen LogP contribution in [0.5, 0.6) is 0 Å². The molecule has 0 saturated carbocycles. The zero-order valence-corrected chi connectivity index (χ0v) is 19.0. The molecule has 4 aromatic carbocycles. The smallest absolute Gasteiger partial charge is 0.0384 e. The minimum atomic E-state index is 0.968. The fourth-order valence-corrected chi connectivity index (χ4v) is 4.39. The Labute approximate surface area is 186 Å². The van der Waals surface area contributed by atoms with E-state index in [0.717, 1.165) is 24.2 Å². The largest absolute Gasteiger partial charge is 0.356 e. The number of aryl methyl sites for hydroxylation is 4. The Morgan fingerprint density at radius 3 is 1.06 bits per heavy atom. The third-order valence-electron chi connectivity index (χ3n) is 5.58. The summed E-state index contributed by atoms with van der Waals surface area (Å²) in [6, 6.07) is 31.1. The summed E-state index contributed by atoms with van der Waals surface area (Å²) in [5, 5.41) is 3.52. The Bertz CT molecular complexity index is 1030. The highest BCUT2D eigenvalue weighted by Gasteiger charge is 2.02. The predicted molar refractivity (Wildman–Crippen MR) is 134 cm³/mol. The summed E-state index contributed by atoms with van der Waals surface area (Å²) >= 11 is 0. The minimum Gasteiger partial charge on any atom is -0.356 e. The number of nitrogens with one attached hydrogen (secondary N) is 1. The number of rotatable bonds is 6. The molecular formula is C30H31N. The average Bonchev–Trinajstić information content (AvgIpc) is 2.69. The monoisotopic (exact) mass is 405 g/mol. The summed E-state index contributed by atoms with van der Waals surface area (Å²) in [5.41, 5.74) is 13.0.